The van der Waals surface area contributed by atoms with Crippen LogP contribution < -0.4 is 4.40 Å². The van der Waals surface area contributed by atoms with Crippen LogP contribution >= 0.6 is 0 Å². The summed E-state index contributed by atoms with van der Waals surface area (Å²) in [6.45, 7) is 19.8. The standard InChI is InChI=1S/C40H37FN3O.C17H22GeN.Ir/c1-23(2)31-21-26(40(5,6)7)22-32(24(3)4)36(31)44-35-14-9-8-13-34(35)42-38(44)30-12-10-11-28-29-19-20-33(43-39(29)45-37(28)30)25-15-17-27(41)18-16-25;1-13(2)15-11-17(14-9-7-6-8-10-14)19-12-16(15)18(3,4)5;/h8-11,13-24H,1-7H3;6-9,11-13H,1-5H3;/q2*-1;/i;13D;. The molecule has 0 spiro atoms. The Morgan fingerprint density at radius 2 is 1.40 bits per heavy atom. The molecule has 65 heavy (non-hydrogen) atoms. The molecule has 0 saturated carbocycles. The predicted octanol–water partition coefficient (Wildman–Crippen LogP) is 15.4. The number of halogens is 1. The first kappa shape index (κ1) is 46.3. The first-order valence-electron chi connectivity index (χ1n) is 22.8. The van der Waals surface area contributed by atoms with E-state index in [0.29, 0.717) is 11.3 Å². The second-order valence-electron chi connectivity index (χ2n) is 19.7. The van der Waals surface area contributed by atoms with Crippen molar-refractivity contribution in [1.82, 2.24) is 19.5 Å². The Kier molecular flexibility index (Phi) is 13.5. The molecule has 5 aromatic carbocycles. The van der Waals surface area contributed by atoms with E-state index < -0.39 is 19.2 Å². The molecule has 4 aromatic heterocycles. The predicted molar refractivity (Wildman–Crippen MR) is 268 cm³/mol. The number of hydrogen-bond acceptors (Lipinski definition) is 4. The first-order chi connectivity index (χ1) is 30.7. The number of hydrogen-bond donors (Lipinski definition) is 0. The Labute approximate surface area is 402 Å². The zero-order chi connectivity index (χ0) is 46.6. The first-order valence-corrected chi connectivity index (χ1v) is 29.7. The normalized spacial score (nSPS) is 12.4. The number of nitrogens with zero attached hydrogens (tertiary/aromatic N) is 4. The number of benzene rings is 5. The minimum Gasteiger partial charge on any atom is 0 e. The summed E-state index contributed by atoms with van der Waals surface area (Å²) in [4.78, 5) is 14.7. The van der Waals surface area contributed by atoms with Crippen LogP contribution in [0.4, 0.5) is 4.39 Å². The molecule has 0 aliphatic rings. The van der Waals surface area contributed by atoms with Gasteiger partial charge in [0.05, 0.1) is 28.1 Å². The summed E-state index contributed by atoms with van der Waals surface area (Å²) in [5.41, 5.74) is 13.6. The van der Waals surface area contributed by atoms with Crippen LogP contribution in [0, 0.1) is 17.9 Å². The summed E-state index contributed by atoms with van der Waals surface area (Å²) in [6.07, 6.45) is 2.00. The number of imidazole rings is 1. The molecule has 8 heteroatoms. The van der Waals surface area contributed by atoms with Gasteiger partial charge in [-0.3, -0.25) is 4.98 Å². The van der Waals surface area contributed by atoms with Gasteiger partial charge in [-0.2, -0.15) is 0 Å². The Morgan fingerprint density at radius 3 is 2.02 bits per heavy atom. The number of fused-ring (bicyclic) bond motifs is 4. The van der Waals surface area contributed by atoms with Crippen molar-refractivity contribution in [1.29, 1.82) is 0 Å². The fourth-order valence-electron chi connectivity index (χ4n) is 8.41. The molecule has 4 heterocycles. The van der Waals surface area contributed by atoms with E-state index in [0.717, 1.165) is 61.3 Å². The van der Waals surface area contributed by atoms with Gasteiger partial charge in [-0.25, -0.2) is 9.37 Å². The molecular weight excluding hydrogens is 1040 g/mol. The third-order valence-corrected chi connectivity index (χ3v) is 16.2. The van der Waals surface area contributed by atoms with Crippen LogP contribution in [0.1, 0.15) is 104 Å². The van der Waals surface area contributed by atoms with E-state index in [1.54, 1.807) is 12.1 Å². The molecule has 0 amide bonds. The van der Waals surface area contributed by atoms with Crippen molar-refractivity contribution in [3.63, 3.8) is 0 Å². The summed E-state index contributed by atoms with van der Waals surface area (Å²) >= 11 is -2.03. The molecule has 9 aromatic rings. The van der Waals surface area contributed by atoms with Gasteiger partial charge in [0.2, 0.25) is 5.71 Å². The molecule has 0 aliphatic heterocycles. The van der Waals surface area contributed by atoms with Gasteiger partial charge in [-0.1, -0.05) is 83.7 Å². The van der Waals surface area contributed by atoms with E-state index in [1.165, 1.54) is 38.9 Å². The Balaban J connectivity index is 0.000000260. The topological polar surface area (TPSA) is 56.7 Å². The van der Waals surface area contributed by atoms with E-state index in [1.807, 2.05) is 74.6 Å². The zero-order valence-electron chi connectivity index (χ0n) is 40.6. The third kappa shape index (κ3) is 9.70. The van der Waals surface area contributed by atoms with Crippen LogP contribution in [-0.2, 0) is 25.5 Å². The van der Waals surface area contributed by atoms with Crippen molar-refractivity contribution >= 4 is 50.8 Å². The van der Waals surface area contributed by atoms with E-state index in [2.05, 4.69) is 124 Å². The van der Waals surface area contributed by atoms with Gasteiger partial charge in [0.15, 0.2) is 0 Å². The maximum atomic E-state index is 13.6. The molecule has 0 saturated heterocycles. The van der Waals surface area contributed by atoms with Crippen LogP contribution in [0.3, 0.4) is 0 Å². The Bertz CT molecular complexity index is 3140. The molecule has 335 valence electrons. The number of aromatic nitrogens is 4. The summed E-state index contributed by atoms with van der Waals surface area (Å²) in [5, 5.41) is 1.86. The van der Waals surface area contributed by atoms with Gasteiger partial charge in [-0.15, -0.1) is 18.2 Å². The quantitative estimate of drug-likeness (QED) is 0.112. The number of furan rings is 1. The van der Waals surface area contributed by atoms with Crippen LogP contribution in [0.2, 0.25) is 17.3 Å². The maximum Gasteiger partial charge on any atom is 0 e. The smallest absolute Gasteiger partial charge is 0 e. The average Bonchev–Trinajstić information content (AvgIpc) is 3.84. The molecular formula is C57H59FGeIrN4O-2. The SMILES string of the molecule is CC(C)c1cc(C(C)(C)C)cc(C(C)C)c1-n1c(-c2[c-]ccc3c2oc2nc(-c4ccc(F)cc4)ccc23)nc2ccccc21.[2H]C(C)(C)c1cc(-c2[c-]cccc2)nc[c]1[Ge]([CH3])([CH3])[CH3].[Ir]. The number of rotatable bonds is 8. The third-order valence-electron chi connectivity index (χ3n) is 12.0. The van der Waals surface area contributed by atoms with E-state index >= 15 is 0 Å². The minimum atomic E-state index is -2.03. The molecule has 0 aliphatic carbocycles. The van der Waals surface area contributed by atoms with Crippen LogP contribution in [0.15, 0.2) is 126 Å². The van der Waals surface area contributed by atoms with Gasteiger partial charge in [0, 0.05) is 36.7 Å². The van der Waals surface area contributed by atoms with Crippen LogP contribution in [0.25, 0.3) is 72.7 Å². The zero-order valence-corrected chi connectivity index (χ0v) is 44.1. The van der Waals surface area contributed by atoms with Crippen molar-refractivity contribution in [2.75, 3.05) is 0 Å². The molecule has 0 unspecified atom stereocenters. The van der Waals surface area contributed by atoms with Crippen molar-refractivity contribution in [2.24, 2.45) is 0 Å². The average molecular weight is 1100 g/mol. The molecule has 0 fully saturated rings. The summed E-state index contributed by atoms with van der Waals surface area (Å²) in [5.74, 6) is 7.53. The summed E-state index contributed by atoms with van der Waals surface area (Å²) in [7, 11) is 0. The molecule has 0 N–H and O–H groups in total. The molecule has 5 nitrogen and oxygen atoms in total. The van der Waals surface area contributed by atoms with Crippen molar-refractivity contribution < 1.29 is 30.3 Å². The molecule has 1 radical (unpaired) electrons. The second kappa shape index (κ2) is 19.0. The van der Waals surface area contributed by atoms with Crippen molar-refractivity contribution in [2.45, 2.75) is 103 Å². The molecule has 9 rings (SSSR count). The second-order valence-corrected chi connectivity index (χ2v) is 30.3. The van der Waals surface area contributed by atoms with Gasteiger partial charge >= 0.3 is 120 Å². The molecule has 0 atom stereocenters. The Hall–Kier alpha value is -5.21. The van der Waals surface area contributed by atoms with E-state index in [4.69, 9.17) is 15.8 Å². The number of pyridine rings is 2. The van der Waals surface area contributed by atoms with Crippen LogP contribution in [0.5, 0.6) is 0 Å². The maximum absolute atomic E-state index is 13.6. The van der Waals surface area contributed by atoms with Crippen LogP contribution in [-0.4, -0.2) is 32.8 Å². The summed E-state index contributed by atoms with van der Waals surface area (Å²) < 4.78 is 32.2. The fourth-order valence-corrected chi connectivity index (χ4v) is 11.7. The van der Waals surface area contributed by atoms with Gasteiger partial charge < -0.3 is 8.98 Å². The monoisotopic (exact) mass is 1100 g/mol. The fraction of sp³-hybridized carbons (Fsp3) is 0.281. The summed E-state index contributed by atoms with van der Waals surface area (Å²) in [6, 6.07) is 44.1. The van der Waals surface area contributed by atoms with E-state index in [9.17, 15) is 4.39 Å². The van der Waals surface area contributed by atoms with Crippen molar-refractivity contribution in [3.05, 3.63) is 162 Å². The number of para-hydroxylation sites is 2. The van der Waals surface area contributed by atoms with Gasteiger partial charge in [-0.05, 0) is 82.5 Å². The minimum absolute atomic E-state index is 0. The van der Waals surface area contributed by atoms with E-state index in [-0.39, 0.29) is 43.2 Å². The molecule has 0 bridgehead atoms. The Morgan fingerprint density at radius 1 is 0.723 bits per heavy atom. The van der Waals surface area contributed by atoms with Gasteiger partial charge in [0.25, 0.3) is 0 Å². The van der Waals surface area contributed by atoms with Crippen molar-refractivity contribution in [3.8, 4) is 39.6 Å². The largest absolute Gasteiger partial charge is 0 e. The van der Waals surface area contributed by atoms with Gasteiger partial charge in [0.1, 0.15) is 5.82 Å².